The summed E-state index contributed by atoms with van der Waals surface area (Å²) in [7, 11) is 2.03. The molecule has 0 aromatic carbocycles. The van der Waals surface area contributed by atoms with Crippen LogP contribution in [0.15, 0.2) is 0 Å². The molecule has 0 aliphatic carbocycles. The summed E-state index contributed by atoms with van der Waals surface area (Å²) in [5.41, 5.74) is 0. The van der Waals surface area contributed by atoms with Crippen molar-refractivity contribution in [2.24, 2.45) is 5.92 Å². The van der Waals surface area contributed by atoms with E-state index in [1.807, 2.05) is 7.05 Å². The Morgan fingerprint density at radius 2 is 2.29 bits per heavy atom. The highest BCUT2D eigenvalue weighted by atomic mass is 16.4. The van der Waals surface area contributed by atoms with Gasteiger partial charge in [0.15, 0.2) is 0 Å². The van der Waals surface area contributed by atoms with E-state index in [2.05, 4.69) is 18.7 Å². The Morgan fingerprint density at radius 3 is 2.76 bits per heavy atom. The van der Waals surface area contributed by atoms with Crippen molar-refractivity contribution in [3.63, 3.8) is 0 Å². The molecule has 1 N–H and O–H groups in total. The van der Waals surface area contributed by atoms with Gasteiger partial charge < -0.3 is 14.9 Å². The molecule has 0 bridgehead atoms. The van der Waals surface area contributed by atoms with E-state index >= 15 is 0 Å². The average Bonchev–Trinajstić information content (AvgIpc) is 2.66. The Morgan fingerprint density at radius 1 is 1.65 bits per heavy atom. The second-order valence-corrected chi connectivity index (χ2v) is 4.82. The van der Waals surface area contributed by atoms with Crippen LogP contribution in [-0.2, 0) is 9.59 Å². The fraction of sp³-hybridized carbons (Fsp3) is 0.833. The van der Waals surface area contributed by atoms with Crippen LogP contribution in [0.3, 0.4) is 0 Å². The number of likely N-dealkylation sites (N-methyl/N-ethyl adjacent to an activating group) is 1. The summed E-state index contributed by atoms with van der Waals surface area (Å²) in [6, 6.07) is 0.489. The molecule has 0 saturated carbocycles. The lowest BCUT2D eigenvalue weighted by atomic mass is 10.1. The first-order valence-electron chi connectivity index (χ1n) is 6.16. The second kappa shape index (κ2) is 6.00. The maximum atomic E-state index is 11.6. The molecule has 1 saturated heterocycles. The lowest BCUT2D eigenvalue weighted by Crippen LogP contribution is -2.38. The summed E-state index contributed by atoms with van der Waals surface area (Å²) in [5.74, 6) is -1.41. The first-order valence-corrected chi connectivity index (χ1v) is 6.16. The molecule has 0 spiro atoms. The fourth-order valence-electron chi connectivity index (χ4n) is 1.96. The van der Waals surface area contributed by atoms with Gasteiger partial charge in [-0.15, -0.1) is 0 Å². The summed E-state index contributed by atoms with van der Waals surface area (Å²) in [5, 5.41) is 8.86. The number of amides is 1. The van der Waals surface area contributed by atoms with Gasteiger partial charge >= 0.3 is 5.97 Å². The van der Waals surface area contributed by atoms with Crippen molar-refractivity contribution in [2.75, 3.05) is 26.7 Å². The molecule has 2 unspecified atom stereocenters. The average molecular weight is 242 g/mol. The van der Waals surface area contributed by atoms with Crippen LogP contribution in [0.1, 0.15) is 26.7 Å². The van der Waals surface area contributed by atoms with Crippen LogP contribution >= 0.6 is 0 Å². The van der Waals surface area contributed by atoms with E-state index in [4.69, 9.17) is 5.11 Å². The van der Waals surface area contributed by atoms with Crippen LogP contribution < -0.4 is 0 Å². The summed E-state index contributed by atoms with van der Waals surface area (Å²) < 4.78 is 0. The fourth-order valence-corrected chi connectivity index (χ4v) is 1.96. The monoisotopic (exact) mass is 242 g/mol. The summed E-state index contributed by atoms with van der Waals surface area (Å²) in [6.45, 7) is 6.06. The van der Waals surface area contributed by atoms with E-state index in [0.29, 0.717) is 19.1 Å². The largest absolute Gasteiger partial charge is 0.481 e. The van der Waals surface area contributed by atoms with Gasteiger partial charge in [0.2, 0.25) is 5.91 Å². The van der Waals surface area contributed by atoms with Gasteiger partial charge in [0, 0.05) is 32.1 Å². The Kier molecular flexibility index (Phi) is 4.93. The third-order valence-corrected chi connectivity index (χ3v) is 3.63. The zero-order valence-electron chi connectivity index (χ0n) is 10.8. The van der Waals surface area contributed by atoms with Crippen molar-refractivity contribution in [1.29, 1.82) is 0 Å². The number of carbonyl (C=O) groups is 2. The Bertz CT molecular complexity index is 293. The smallest absolute Gasteiger partial charge is 0.308 e. The highest BCUT2D eigenvalue weighted by Crippen LogP contribution is 2.17. The predicted octanol–water partition coefficient (Wildman–Crippen LogP) is 0.650. The number of carboxylic acids is 1. The van der Waals surface area contributed by atoms with Crippen LogP contribution in [0, 0.1) is 5.92 Å². The zero-order chi connectivity index (χ0) is 13.0. The lowest BCUT2D eigenvalue weighted by Gasteiger charge is -2.26. The number of carboxylic acid groups (broad SMARTS) is 1. The molecular weight excluding hydrogens is 220 g/mol. The number of likely N-dealkylation sites (tertiary alicyclic amines) is 1. The van der Waals surface area contributed by atoms with Crippen molar-refractivity contribution >= 4 is 11.9 Å². The van der Waals surface area contributed by atoms with Gasteiger partial charge in [-0.1, -0.05) is 6.92 Å². The van der Waals surface area contributed by atoms with E-state index in [1.54, 1.807) is 4.90 Å². The van der Waals surface area contributed by atoms with Crippen LogP contribution in [0.25, 0.3) is 0 Å². The first-order chi connectivity index (χ1) is 7.95. The lowest BCUT2D eigenvalue weighted by molar-refractivity contribution is -0.141. The van der Waals surface area contributed by atoms with Gasteiger partial charge in [-0.2, -0.15) is 0 Å². The molecule has 0 aromatic heterocycles. The Balaban J connectivity index is 2.38. The molecule has 1 amide bonds. The minimum absolute atomic E-state index is 0.0325. The van der Waals surface area contributed by atoms with Gasteiger partial charge in [0.1, 0.15) is 0 Å². The molecule has 5 nitrogen and oxygen atoms in total. The van der Waals surface area contributed by atoms with Gasteiger partial charge in [0.25, 0.3) is 0 Å². The van der Waals surface area contributed by atoms with Gasteiger partial charge in [0.05, 0.1) is 5.92 Å². The van der Waals surface area contributed by atoms with E-state index in [-0.39, 0.29) is 12.3 Å². The van der Waals surface area contributed by atoms with Gasteiger partial charge in [-0.05, 0) is 20.4 Å². The quantitative estimate of drug-likeness (QED) is 0.743. The molecule has 0 radical (unpaired) electrons. The normalized spacial score (nSPS) is 22.2. The SMILES string of the molecule is CCC(C)N(C)CCN1CC(C(=O)O)CC1=O. The van der Waals surface area contributed by atoms with E-state index < -0.39 is 11.9 Å². The molecule has 5 heteroatoms. The number of aliphatic carboxylic acids is 1. The van der Waals surface area contributed by atoms with Crippen LogP contribution in [-0.4, -0.2) is 59.5 Å². The van der Waals surface area contributed by atoms with E-state index in [9.17, 15) is 9.59 Å². The summed E-state index contributed by atoms with van der Waals surface area (Å²) >= 11 is 0. The molecule has 17 heavy (non-hydrogen) atoms. The number of rotatable bonds is 6. The van der Waals surface area contributed by atoms with E-state index in [0.717, 1.165) is 13.0 Å². The number of hydrogen-bond donors (Lipinski definition) is 1. The number of nitrogens with zero attached hydrogens (tertiary/aromatic N) is 2. The standard InChI is InChI=1S/C12H22N2O3/c1-4-9(2)13(3)5-6-14-8-10(12(16)17)7-11(14)15/h9-10H,4-8H2,1-3H3,(H,16,17). The molecular formula is C12H22N2O3. The first kappa shape index (κ1) is 14.0. The third-order valence-electron chi connectivity index (χ3n) is 3.63. The highest BCUT2D eigenvalue weighted by Gasteiger charge is 2.33. The van der Waals surface area contributed by atoms with Crippen LogP contribution in [0.4, 0.5) is 0 Å². The third kappa shape index (κ3) is 3.70. The highest BCUT2D eigenvalue weighted by molar-refractivity contribution is 5.86. The minimum atomic E-state index is -0.865. The van der Waals surface area contributed by atoms with Crippen LogP contribution in [0.2, 0.25) is 0 Å². The predicted molar refractivity (Wildman–Crippen MR) is 64.7 cm³/mol. The molecule has 1 aliphatic rings. The maximum absolute atomic E-state index is 11.6. The van der Waals surface area contributed by atoms with Crippen molar-refractivity contribution in [2.45, 2.75) is 32.7 Å². The molecule has 1 rings (SSSR count). The number of carbonyl (C=O) groups excluding carboxylic acids is 1. The summed E-state index contributed by atoms with van der Waals surface area (Å²) in [4.78, 5) is 26.2. The Hall–Kier alpha value is -1.10. The van der Waals surface area contributed by atoms with Crippen molar-refractivity contribution in [3.8, 4) is 0 Å². The maximum Gasteiger partial charge on any atom is 0.308 e. The molecule has 98 valence electrons. The summed E-state index contributed by atoms with van der Waals surface area (Å²) in [6.07, 6.45) is 1.23. The number of hydrogen-bond acceptors (Lipinski definition) is 3. The molecule has 1 fully saturated rings. The molecule has 1 aliphatic heterocycles. The topological polar surface area (TPSA) is 60.9 Å². The van der Waals surface area contributed by atoms with Gasteiger partial charge in [-0.25, -0.2) is 0 Å². The van der Waals surface area contributed by atoms with Crippen LogP contribution in [0.5, 0.6) is 0 Å². The van der Waals surface area contributed by atoms with Crippen molar-refractivity contribution in [3.05, 3.63) is 0 Å². The Labute approximate surface area is 102 Å². The molecule has 0 aromatic rings. The van der Waals surface area contributed by atoms with Crippen molar-refractivity contribution in [1.82, 2.24) is 9.80 Å². The van der Waals surface area contributed by atoms with Gasteiger partial charge in [-0.3, -0.25) is 9.59 Å². The van der Waals surface area contributed by atoms with E-state index in [1.165, 1.54) is 0 Å². The molecule has 2 atom stereocenters. The van der Waals surface area contributed by atoms with Crippen molar-refractivity contribution < 1.29 is 14.7 Å². The second-order valence-electron chi connectivity index (χ2n) is 4.82. The molecule has 1 heterocycles. The minimum Gasteiger partial charge on any atom is -0.481 e. The zero-order valence-corrected chi connectivity index (χ0v) is 10.8.